The summed E-state index contributed by atoms with van der Waals surface area (Å²) < 4.78 is 92.8. The fourth-order valence-corrected chi connectivity index (χ4v) is 14.7. The van der Waals surface area contributed by atoms with Crippen molar-refractivity contribution in [2.45, 2.75) is 59.8 Å². The SMILES string of the molecule is CN(C)C(=O)N1CCN([C@H]2Cc3c(Cl)cc(Cl)cc3[C@@H]2Oc2ccc(S(=O)(=O)NCCOCCOCCNC(=O)NCCCCNC(=O)NCCOCCOCCNS(=O)(=O)c3ccc(O[C@H]4c5cc(Cl)cc(Cl)c5C[C@@H]4N4CCN(C(=O)N(C)C)CC4)cc3)cc2)CC1. The van der Waals surface area contributed by atoms with Gasteiger partial charge in [-0.2, -0.15) is 0 Å². The Hall–Kier alpha value is -5.70. The van der Waals surface area contributed by atoms with E-state index >= 15 is 0 Å². The molecule has 0 spiro atoms. The normalized spacial score (nSPS) is 18.3. The van der Waals surface area contributed by atoms with E-state index in [1.165, 1.54) is 24.3 Å². The second-order valence-electron chi connectivity index (χ2n) is 23.2. The number of carbonyl (C=O) groups excluding carboxylic acids is 4. The molecule has 4 aromatic carbocycles. The molecule has 4 aliphatic rings. The first-order chi connectivity index (χ1) is 45.1. The number of piperazine rings is 2. The first-order valence-corrected chi connectivity index (χ1v) is 35.8. The minimum Gasteiger partial charge on any atom is -0.484 e. The number of unbranched alkanes of at least 4 members (excludes halogenated alkanes) is 1. The molecule has 4 aromatic rings. The van der Waals surface area contributed by atoms with Crippen molar-refractivity contribution in [1.82, 2.24) is 60.1 Å². The lowest BCUT2D eigenvalue weighted by molar-refractivity contribution is 0.0439. The summed E-state index contributed by atoms with van der Waals surface area (Å²) in [4.78, 5) is 61.1. The van der Waals surface area contributed by atoms with E-state index in [-0.39, 0.29) is 125 Å². The summed E-state index contributed by atoms with van der Waals surface area (Å²) in [6, 6.07) is 18.7. The lowest BCUT2D eigenvalue weighted by Crippen LogP contribution is -2.55. The van der Waals surface area contributed by atoms with Gasteiger partial charge in [-0.3, -0.25) is 9.80 Å². The van der Waals surface area contributed by atoms with E-state index in [1.807, 2.05) is 21.9 Å². The molecule has 8 rings (SSSR count). The van der Waals surface area contributed by atoms with Gasteiger partial charge < -0.3 is 69.3 Å². The second kappa shape index (κ2) is 36.0. The molecule has 2 aliphatic heterocycles. The van der Waals surface area contributed by atoms with Crippen LogP contribution in [0.4, 0.5) is 19.2 Å². The number of carbonyl (C=O) groups is 4. The van der Waals surface area contributed by atoms with Crippen LogP contribution in [0.1, 0.15) is 47.3 Å². The van der Waals surface area contributed by atoms with Crippen LogP contribution in [0.5, 0.6) is 11.5 Å². The number of fused-ring (bicyclic) bond motifs is 2. The number of nitrogens with zero attached hydrogens (tertiary/aromatic N) is 6. The minimum absolute atomic E-state index is 0.0290. The zero-order valence-electron chi connectivity index (χ0n) is 53.3. The molecule has 518 valence electrons. The highest BCUT2D eigenvalue weighted by Gasteiger charge is 2.43. The number of urea groups is 4. The number of amides is 8. The van der Waals surface area contributed by atoms with Crippen LogP contribution in [0.15, 0.2) is 82.6 Å². The van der Waals surface area contributed by atoms with Crippen molar-refractivity contribution in [1.29, 1.82) is 0 Å². The molecule has 8 amide bonds. The maximum absolute atomic E-state index is 13.1. The number of sulfonamides is 2. The minimum atomic E-state index is -3.85. The fourth-order valence-electron chi connectivity index (χ4n) is 11.5. The van der Waals surface area contributed by atoms with E-state index in [9.17, 15) is 36.0 Å². The number of ether oxygens (including phenoxy) is 6. The number of rotatable bonds is 33. The van der Waals surface area contributed by atoms with Gasteiger partial charge in [0.15, 0.2) is 0 Å². The smallest absolute Gasteiger partial charge is 0.319 e. The average molecular weight is 1430 g/mol. The highest BCUT2D eigenvalue weighted by atomic mass is 35.5. The molecule has 0 unspecified atom stereocenters. The molecule has 2 fully saturated rings. The van der Waals surface area contributed by atoms with Crippen molar-refractivity contribution in [3.8, 4) is 11.5 Å². The maximum Gasteiger partial charge on any atom is 0.319 e. The molecule has 0 radical (unpaired) electrons. The van der Waals surface area contributed by atoms with Crippen LogP contribution in [0.2, 0.25) is 20.1 Å². The molecule has 94 heavy (non-hydrogen) atoms. The number of hydrogen-bond acceptors (Lipinski definition) is 16. The summed E-state index contributed by atoms with van der Waals surface area (Å²) in [5.41, 5.74) is 3.66. The molecule has 2 aliphatic carbocycles. The van der Waals surface area contributed by atoms with Crippen molar-refractivity contribution in [3.63, 3.8) is 0 Å². The Bertz CT molecular complexity index is 3170. The largest absolute Gasteiger partial charge is 0.484 e. The molecular weight excluding hydrogens is 1340 g/mol. The number of benzene rings is 4. The molecule has 0 aromatic heterocycles. The molecule has 4 atom stereocenters. The summed E-state index contributed by atoms with van der Waals surface area (Å²) >= 11 is 26.2. The summed E-state index contributed by atoms with van der Waals surface area (Å²) in [6.07, 6.45) is 1.67. The first kappa shape index (κ1) is 74.1. The Morgan fingerprint density at radius 2 is 0.787 bits per heavy atom. The van der Waals surface area contributed by atoms with Crippen LogP contribution in [0.3, 0.4) is 0 Å². The Kier molecular flexibility index (Phi) is 28.4. The van der Waals surface area contributed by atoms with Crippen molar-refractivity contribution in [2.75, 3.05) is 173 Å². The zero-order valence-corrected chi connectivity index (χ0v) is 58.0. The number of nitrogens with one attached hydrogen (secondary N) is 6. The molecule has 2 saturated heterocycles. The molecule has 0 bridgehead atoms. The van der Waals surface area contributed by atoms with Gasteiger partial charge in [0.1, 0.15) is 23.7 Å². The predicted octanol–water partition coefficient (Wildman–Crippen LogP) is 5.69. The van der Waals surface area contributed by atoms with Crippen LogP contribution in [-0.4, -0.2) is 255 Å². The predicted molar refractivity (Wildman–Crippen MR) is 358 cm³/mol. The topological polar surface area (TPSA) is 284 Å². The Labute approximate surface area is 570 Å². The van der Waals surface area contributed by atoms with Gasteiger partial charge in [0.2, 0.25) is 20.0 Å². The Morgan fingerprint density at radius 1 is 0.457 bits per heavy atom. The molecule has 26 nitrogen and oxygen atoms in total. The maximum atomic E-state index is 13.1. The number of hydrogen-bond donors (Lipinski definition) is 6. The summed E-state index contributed by atoms with van der Waals surface area (Å²) in [5, 5.41) is 13.0. The van der Waals surface area contributed by atoms with Gasteiger partial charge in [0.25, 0.3) is 0 Å². The Balaban J connectivity index is 0.591. The van der Waals surface area contributed by atoms with Gasteiger partial charge in [-0.1, -0.05) is 46.4 Å². The first-order valence-electron chi connectivity index (χ1n) is 31.3. The summed E-state index contributed by atoms with van der Waals surface area (Å²) in [5.74, 6) is 0.957. The van der Waals surface area contributed by atoms with E-state index in [4.69, 9.17) is 74.8 Å². The van der Waals surface area contributed by atoms with Gasteiger partial charge >= 0.3 is 24.1 Å². The lowest BCUT2D eigenvalue weighted by Gasteiger charge is -2.40. The Morgan fingerprint density at radius 3 is 1.13 bits per heavy atom. The van der Waals surface area contributed by atoms with Gasteiger partial charge in [-0.25, -0.2) is 45.5 Å². The third-order valence-electron chi connectivity index (χ3n) is 16.3. The third-order valence-corrected chi connectivity index (χ3v) is 20.3. The third kappa shape index (κ3) is 21.4. The van der Waals surface area contributed by atoms with Gasteiger partial charge in [-0.05, 0) is 110 Å². The van der Waals surface area contributed by atoms with Crippen molar-refractivity contribution < 1.29 is 64.4 Å². The monoisotopic (exact) mass is 1430 g/mol. The van der Waals surface area contributed by atoms with Crippen molar-refractivity contribution in [2.24, 2.45) is 0 Å². The highest BCUT2D eigenvalue weighted by Crippen LogP contribution is 2.45. The quantitative estimate of drug-likeness (QED) is 0.0313. The molecule has 32 heteroatoms. The van der Waals surface area contributed by atoms with Crippen LogP contribution in [0, 0.1) is 0 Å². The summed E-state index contributed by atoms with van der Waals surface area (Å²) in [6.45, 7) is 7.92. The second-order valence-corrected chi connectivity index (χ2v) is 28.4. The standard InChI is InChI=1S/C62H86Cl4N12O14S2/c1-73(2)61(81)77-25-21-75(22-26-77)55-41-49-51(37-43(63)39-53(49)65)57(55)91-45-7-11-47(12-8-45)93(83,84)71-19-31-89-35-33-87-29-17-69-59(79)67-15-5-6-16-68-60(80)70-18-30-88-34-36-90-32-20-72-94(85,86)48-13-9-46(10-14-48)92-58-52-38-44(64)40-54(66)50(52)42-56(58)76-23-27-78(28-24-76)62(82)74(3)4/h7-14,37-40,55-58,71-72H,5-6,15-36,41-42H2,1-4H3,(H2,67,69,79)(H2,68,70,80)/t55-,56-,57-,58-/m0/s1. The van der Waals surface area contributed by atoms with Crippen molar-refractivity contribution in [3.05, 3.63) is 115 Å². The van der Waals surface area contributed by atoms with Gasteiger partial charge in [-0.15, -0.1) is 0 Å². The van der Waals surface area contributed by atoms with Crippen LogP contribution in [-0.2, 0) is 51.8 Å². The average Bonchev–Trinajstić information content (AvgIpc) is 1.62. The molecule has 0 saturated carbocycles. The van der Waals surface area contributed by atoms with E-state index in [2.05, 4.69) is 40.5 Å². The molecular formula is C62H86Cl4N12O14S2. The zero-order chi connectivity index (χ0) is 67.4. The summed E-state index contributed by atoms with van der Waals surface area (Å²) in [7, 11) is -0.749. The van der Waals surface area contributed by atoms with E-state index in [1.54, 1.807) is 74.4 Å². The fraction of sp³-hybridized carbons (Fsp3) is 0.548. The molecule has 2 heterocycles. The van der Waals surface area contributed by atoms with Gasteiger partial charge in [0, 0.05) is 151 Å². The van der Waals surface area contributed by atoms with Crippen LogP contribution >= 0.6 is 46.4 Å². The lowest BCUT2D eigenvalue weighted by atomic mass is 10.1. The molecule has 6 N–H and O–H groups in total. The number of halogens is 4. The highest BCUT2D eigenvalue weighted by molar-refractivity contribution is 7.89. The van der Waals surface area contributed by atoms with Crippen molar-refractivity contribution >= 4 is 90.6 Å². The van der Waals surface area contributed by atoms with Gasteiger partial charge in [0.05, 0.1) is 74.7 Å². The van der Waals surface area contributed by atoms with Crippen LogP contribution in [0.25, 0.3) is 0 Å². The van der Waals surface area contributed by atoms with E-state index in [0.29, 0.717) is 123 Å². The van der Waals surface area contributed by atoms with Crippen LogP contribution < -0.4 is 40.2 Å². The van der Waals surface area contributed by atoms with E-state index < -0.39 is 32.3 Å². The van der Waals surface area contributed by atoms with E-state index in [0.717, 1.165) is 22.3 Å².